The molecule has 1 fully saturated rings. The minimum Gasteiger partial charge on any atom is -0.497 e. The van der Waals surface area contributed by atoms with E-state index < -0.39 is 0 Å². The maximum atomic E-state index is 12.4. The Bertz CT molecular complexity index is 569. The molecular weight excluding hydrogens is 346 g/mol. The van der Waals surface area contributed by atoms with Gasteiger partial charge in [0.05, 0.1) is 20.8 Å². The van der Waals surface area contributed by atoms with Crippen molar-refractivity contribution in [3.63, 3.8) is 0 Å². The number of hydrogen-bond donors (Lipinski definition) is 2. The Balaban J connectivity index is 0.00000312. The van der Waals surface area contributed by atoms with Crippen LogP contribution in [-0.2, 0) is 9.59 Å². The molecule has 2 rings (SSSR count). The first-order valence-corrected chi connectivity index (χ1v) is 8.02. The first kappa shape index (κ1) is 21.1. The zero-order valence-corrected chi connectivity index (χ0v) is 15.6. The molecule has 1 heterocycles. The predicted octanol–water partition coefficient (Wildman–Crippen LogP) is 1.52. The molecule has 0 bridgehead atoms. The van der Waals surface area contributed by atoms with Crippen molar-refractivity contribution in [3.05, 3.63) is 18.2 Å². The van der Waals surface area contributed by atoms with Gasteiger partial charge in [-0.15, -0.1) is 12.4 Å². The number of halogens is 1. The standard InChI is InChI=1S/C17H25N3O4.ClH/c1-20(17(22)12-4-6-18-7-5-12)11-16(21)19-13-8-14(23-2)10-15(9-13)24-3;/h8-10,12,18H,4-7,11H2,1-3H3,(H,19,21);1H. The number of nitrogens with one attached hydrogen (secondary N) is 2. The van der Waals surface area contributed by atoms with Crippen molar-refractivity contribution in [1.29, 1.82) is 0 Å². The van der Waals surface area contributed by atoms with Crippen LogP contribution in [0.15, 0.2) is 18.2 Å². The molecule has 0 spiro atoms. The van der Waals surface area contributed by atoms with Gasteiger partial charge in [0.15, 0.2) is 0 Å². The lowest BCUT2D eigenvalue weighted by atomic mass is 9.97. The Kier molecular flexibility index (Phi) is 8.51. The summed E-state index contributed by atoms with van der Waals surface area (Å²) in [5.41, 5.74) is 0.568. The first-order chi connectivity index (χ1) is 11.5. The van der Waals surface area contributed by atoms with Gasteiger partial charge in [-0.2, -0.15) is 0 Å². The van der Waals surface area contributed by atoms with Crippen molar-refractivity contribution in [2.45, 2.75) is 12.8 Å². The Morgan fingerprint density at radius 2 is 1.72 bits per heavy atom. The third-order valence-corrected chi connectivity index (χ3v) is 4.08. The highest BCUT2D eigenvalue weighted by molar-refractivity contribution is 5.95. The Hall–Kier alpha value is -1.99. The number of carbonyl (C=O) groups excluding carboxylic acids is 2. The van der Waals surface area contributed by atoms with Gasteiger partial charge in [0, 0.05) is 36.9 Å². The van der Waals surface area contributed by atoms with Crippen LogP contribution in [0, 0.1) is 5.92 Å². The highest BCUT2D eigenvalue weighted by Gasteiger charge is 2.25. The van der Waals surface area contributed by atoms with Crippen LogP contribution < -0.4 is 20.1 Å². The average Bonchev–Trinajstić information content (AvgIpc) is 2.61. The minimum atomic E-state index is -0.255. The van der Waals surface area contributed by atoms with Crippen LogP contribution in [0.2, 0.25) is 0 Å². The second-order valence-electron chi connectivity index (χ2n) is 5.87. The van der Waals surface area contributed by atoms with Crippen LogP contribution >= 0.6 is 12.4 Å². The molecule has 1 saturated heterocycles. The Labute approximate surface area is 154 Å². The summed E-state index contributed by atoms with van der Waals surface area (Å²) in [5.74, 6) is 0.943. The summed E-state index contributed by atoms with van der Waals surface area (Å²) in [6, 6.07) is 5.13. The smallest absolute Gasteiger partial charge is 0.243 e. The fourth-order valence-corrected chi connectivity index (χ4v) is 2.75. The normalized spacial score (nSPS) is 14.2. The van der Waals surface area contributed by atoms with Crippen LogP contribution in [0.25, 0.3) is 0 Å². The maximum absolute atomic E-state index is 12.4. The lowest BCUT2D eigenvalue weighted by molar-refractivity contribution is -0.137. The lowest BCUT2D eigenvalue weighted by Crippen LogP contribution is -2.42. The van der Waals surface area contributed by atoms with Crippen LogP contribution in [0.5, 0.6) is 11.5 Å². The number of carbonyl (C=O) groups is 2. The summed E-state index contributed by atoms with van der Waals surface area (Å²) >= 11 is 0. The molecule has 0 aromatic heterocycles. The summed E-state index contributed by atoms with van der Waals surface area (Å²) in [4.78, 5) is 26.1. The molecule has 1 aliphatic heterocycles. The summed E-state index contributed by atoms with van der Waals surface area (Å²) in [5, 5.41) is 6.00. The molecule has 2 N–H and O–H groups in total. The molecule has 0 radical (unpaired) electrons. The fraction of sp³-hybridized carbons (Fsp3) is 0.529. The Morgan fingerprint density at radius 1 is 1.16 bits per heavy atom. The second kappa shape index (κ2) is 10.1. The molecule has 0 aliphatic carbocycles. The number of ether oxygens (including phenoxy) is 2. The van der Waals surface area contributed by atoms with Crippen molar-refractivity contribution in [2.75, 3.05) is 46.2 Å². The number of nitrogens with zero attached hydrogens (tertiary/aromatic N) is 1. The van der Waals surface area contributed by atoms with Gasteiger partial charge in [0.25, 0.3) is 0 Å². The van der Waals surface area contributed by atoms with E-state index in [9.17, 15) is 9.59 Å². The van der Waals surface area contributed by atoms with Gasteiger partial charge in [0.2, 0.25) is 11.8 Å². The van der Waals surface area contributed by atoms with Crippen molar-refractivity contribution in [2.24, 2.45) is 5.92 Å². The third kappa shape index (κ3) is 6.10. The largest absolute Gasteiger partial charge is 0.497 e. The van der Waals surface area contributed by atoms with E-state index in [2.05, 4.69) is 10.6 Å². The van der Waals surface area contributed by atoms with Gasteiger partial charge in [0.1, 0.15) is 11.5 Å². The number of piperidine rings is 1. The van der Waals surface area contributed by atoms with E-state index in [1.165, 1.54) is 4.90 Å². The molecule has 2 amide bonds. The number of rotatable bonds is 6. The minimum absolute atomic E-state index is 0. The molecule has 0 unspecified atom stereocenters. The van der Waals surface area contributed by atoms with Crippen molar-refractivity contribution < 1.29 is 19.1 Å². The molecule has 25 heavy (non-hydrogen) atoms. The maximum Gasteiger partial charge on any atom is 0.243 e. The highest BCUT2D eigenvalue weighted by Crippen LogP contribution is 2.25. The fourth-order valence-electron chi connectivity index (χ4n) is 2.75. The molecule has 0 atom stereocenters. The predicted molar refractivity (Wildman–Crippen MR) is 98.7 cm³/mol. The molecule has 1 aromatic rings. The van der Waals surface area contributed by atoms with E-state index in [0.717, 1.165) is 25.9 Å². The monoisotopic (exact) mass is 371 g/mol. The number of amides is 2. The van der Waals surface area contributed by atoms with E-state index in [0.29, 0.717) is 17.2 Å². The highest BCUT2D eigenvalue weighted by atomic mass is 35.5. The van der Waals surface area contributed by atoms with E-state index in [1.807, 2.05) is 0 Å². The van der Waals surface area contributed by atoms with Gasteiger partial charge in [-0.25, -0.2) is 0 Å². The van der Waals surface area contributed by atoms with Gasteiger partial charge in [-0.1, -0.05) is 0 Å². The summed E-state index contributed by atoms with van der Waals surface area (Å²) < 4.78 is 10.4. The molecule has 140 valence electrons. The van der Waals surface area contributed by atoms with Crippen LogP contribution in [0.3, 0.4) is 0 Å². The molecule has 7 nitrogen and oxygen atoms in total. The second-order valence-corrected chi connectivity index (χ2v) is 5.87. The van der Waals surface area contributed by atoms with Crippen LogP contribution in [0.4, 0.5) is 5.69 Å². The van der Waals surface area contributed by atoms with Gasteiger partial charge >= 0.3 is 0 Å². The van der Waals surface area contributed by atoms with E-state index in [4.69, 9.17) is 9.47 Å². The zero-order chi connectivity index (χ0) is 17.5. The zero-order valence-electron chi connectivity index (χ0n) is 14.8. The number of benzene rings is 1. The SMILES string of the molecule is COc1cc(NC(=O)CN(C)C(=O)C2CCNCC2)cc(OC)c1.Cl. The van der Waals surface area contributed by atoms with E-state index in [-0.39, 0.29) is 36.7 Å². The summed E-state index contributed by atoms with van der Waals surface area (Å²) in [7, 11) is 4.76. The van der Waals surface area contributed by atoms with Gasteiger partial charge < -0.3 is 25.0 Å². The number of methoxy groups -OCH3 is 2. The van der Waals surface area contributed by atoms with Crippen LogP contribution in [0.1, 0.15) is 12.8 Å². The molecule has 1 aliphatic rings. The number of hydrogen-bond acceptors (Lipinski definition) is 5. The summed E-state index contributed by atoms with van der Waals surface area (Å²) in [6.07, 6.45) is 1.63. The molecule has 8 heteroatoms. The average molecular weight is 372 g/mol. The molecular formula is C17H26ClN3O4. The van der Waals surface area contributed by atoms with Crippen LogP contribution in [-0.4, -0.2) is 57.6 Å². The van der Waals surface area contributed by atoms with Gasteiger partial charge in [-0.3, -0.25) is 9.59 Å². The molecule has 1 aromatic carbocycles. The number of likely N-dealkylation sites (N-methyl/N-ethyl adjacent to an activating group) is 1. The topological polar surface area (TPSA) is 79.9 Å². The molecule has 0 saturated carbocycles. The third-order valence-electron chi connectivity index (χ3n) is 4.08. The van der Waals surface area contributed by atoms with E-state index in [1.54, 1.807) is 39.5 Å². The Morgan fingerprint density at radius 3 is 2.24 bits per heavy atom. The van der Waals surface area contributed by atoms with Crippen molar-refractivity contribution >= 4 is 29.9 Å². The van der Waals surface area contributed by atoms with E-state index >= 15 is 0 Å². The van der Waals surface area contributed by atoms with Gasteiger partial charge in [-0.05, 0) is 25.9 Å². The number of anilines is 1. The van der Waals surface area contributed by atoms with Crippen molar-refractivity contribution in [1.82, 2.24) is 10.2 Å². The summed E-state index contributed by atoms with van der Waals surface area (Å²) in [6.45, 7) is 1.71. The first-order valence-electron chi connectivity index (χ1n) is 8.02. The lowest BCUT2D eigenvalue weighted by Gasteiger charge is -2.26. The quantitative estimate of drug-likeness (QED) is 0.792. The van der Waals surface area contributed by atoms with Crippen molar-refractivity contribution in [3.8, 4) is 11.5 Å².